The maximum absolute atomic E-state index is 13.6. The lowest BCUT2D eigenvalue weighted by molar-refractivity contribution is -0.122. The number of imide groups is 1. The molecule has 5 rings (SSSR count). The van der Waals surface area contributed by atoms with Gasteiger partial charge in [-0.25, -0.2) is 4.90 Å². The number of nitrogens with one attached hydrogen (secondary N) is 1. The molecule has 1 fully saturated rings. The quantitative estimate of drug-likeness (QED) is 0.536. The molecule has 152 valence electrons. The fourth-order valence-electron chi connectivity index (χ4n) is 4.06. The third-order valence-corrected chi connectivity index (χ3v) is 8.67. The van der Waals surface area contributed by atoms with Crippen molar-refractivity contribution in [2.75, 3.05) is 4.90 Å². The number of anilines is 1. The molecule has 2 aromatic carbocycles. The third kappa shape index (κ3) is 2.95. The van der Waals surface area contributed by atoms with Crippen molar-refractivity contribution in [3.63, 3.8) is 0 Å². The van der Waals surface area contributed by atoms with Crippen molar-refractivity contribution in [1.29, 1.82) is 0 Å². The highest BCUT2D eigenvalue weighted by molar-refractivity contribution is 8.00. The molecule has 1 saturated heterocycles. The number of thiazole rings is 1. The van der Waals surface area contributed by atoms with E-state index in [0.717, 1.165) is 16.9 Å². The SMILES string of the molecule is Cc1ccc(N2C(=O)C3Sc4[nH]c(=O)sc4C(c4cccc(Cl)c4Cl)C3C2=O)cc1. The number of aromatic nitrogens is 1. The van der Waals surface area contributed by atoms with Gasteiger partial charge in [0.05, 0.1) is 26.7 Å². The van der Waals surface area contributed by atoms with Crippen LogP contribution in [-0.2, 0) is 9.59 Å². The number of halogens is 2. The van der Waals surface area contributed by atoms with Crippen LogP contribution in [0.4, 0.5) is 5.69 Å². The molecule has 2 aliphatic rings. The average Bonchev–Trinajstić information content (AvgIpc) is 3.20. The van der Waals surface area contributed by atoms with Crippen LogP contribution in [0.25, 0.3) is 0 Å². The van der Waals surface area contributed by atoms with E-state index in [2.05, 4.69) is 4.98 Å². The zero-order chi connectivity index (χ0) is 21.2. The predicted octanol–water partition coefficient (Wildman–Crippen LogP) is 4.85. The van der Waals surface area contributed by atoms with Crippen LogP contribution in [0.1, 0.15) is 21.9 Å². The van der Waals surface area contributed by atoms with Gasteiger partial charge in [0.25, 0.3) is 0 Å². The Morgan fingerprint density at radius 2 is 1.73 bits per heavy atom. The van der Waals surface area contributed by atoms with Crippen LogP contribution in [0.2, 0.25) is 10.0 Å². The zero-order valence-electron chi connectivity index (χ0n) is 15.5. The number of benzene rings is 2. The molecular formula is C21H14Cl2N2O3S2. The summed E-state index contributed by atoms with van der Waals surface area (Å²) in [5.74, 6) is -1.80. The first kappa shape index (κ1) is 19.9. The Labute approximate surface area is 190 Å². The molecule has 3 aromatic rings. The van der Waals surface area contributed by atoms with Gasteiger partial charge in [-0.1, -0.05) is 76.1 Å². The van der Waals surface area contributed by atoms with Gasteiger partial charge in [0.2, 0.25) is 11.8 Å². The van der Waals surface area contributed by atoms with E-state index < -0.39 is 17.1 Å². The molecule has 0 spiro atoms. The second kappa shape index (κ2) is 7.27. The number of nitrogens with zero attached hydrogens (tertiary/aromatic N) is 1. The summed E-state index contributed by atoms with van der Waals surface area (Å²) < 4.78 is 0. The molecule has 9 heteroatoms. The Morgan fingerprint density at radius 1 is 1.00 bits per heavy atom. The number of thioether (sulfide) groups is 1. The van der Waals surface area contributed by atoms with Crippen molar-refractivity contribution in [2.45, 2.75) is 23.1 Å². The molecule has 0 aliphatic carbocycles. The number of carbonyl (C=O) groups excluding carboxylic acids is 2. The number of aromatic amines is 1. The van der Waals surface area contributed by atoms with Crippen LogP contribution in [0.3, 0.4) is 0 Å². The van der Waals surface area contributed by atoms with E-state index in [9.17, 15) is 14.4 Å². The Morgan fingerprint density at radius 3 is 2.47 bits per heavy atom. The summed E-state index contributed by atoms with van der Waals surface area (Å²) in [6.07, 6.45) is 0. The highest BCUT2D eigenvalue weighted by Gasteiger charge is 2.56. The molecule has 2 amide bonds. The molecule has 2 aliphatic heterocycles. The number of carbonyl (C=O) groups is 2. The summed E-state index contributed by atoms with van der Waals surface area (Å²) in [6, 6.07) is 12.5. The van der Waals surface area contributed by atoms with Crippen molar-refractivity contribution in [2.24, 2.45) is 5.92 Å². The molecular weight excluding hydrogens is 463 g/mol. The van der Waals surface area contributed by atoms with Crippen molar-refractivity contribution in [3.05, 3.63) is 78.2 Å². The van der Waals surface area contributed by atoms with Crippen LogP contribution in [-0.4, -0.2) is 22.0 Å². The lowest BCUT2D eigenvalue weighted by atomic mass is 9.83. The number of fused-ring (bicyclic) bond motifs is 2. The van der Waals surface area contributed by atoms with Crippen LogP contribution < -0.4 is 9.77 Å². The van der Waals surface area contributed by atoms with Gasteiger partial charge in [0, 0.05) is 10.8 Å². The molecule has 0 saturated carbocycles. The van der Waals surface area contributed by atoms with Gasteiger partial charge in [-0.2, -0.15) is 0 Å². The molecule has 3 atom stereocenters. The van der Waals surface area contributed by atoms with E-state index in [-0.39, 0.29) is 16.7 Å². The summed E-state index contributed by atoms with van der Waals surface area (Å²) in [4.78, 5) is 43.5. The van der Waals surface area contributed by atoms with E-state index >= 15 is 0 Å². The van der Waals surface area contributed by atoms with Crippen molar-refractivity contribution < 1.29 is 9.59 Å². The van der Waals surface area contributed by atoms with Crippen LogP contribution >= 0.6 is 46.3 Å². The maximum Gasteiger partial charge on any atom is 0.305 e. The lowest BCUT2D eigenvalue weighted by Crippen LogP contribution is -2.32. The summed E-state index contributed by atoms with van der Waals surface area (Å²) in [5.41, 5.74) is 2.22. The molecule has 3 unspecified atom stereocenters. The largest absolute Gasteiger partial charge is 0.307 e. The molecule has 0 radical (unpaired) electrons. The first-order valence-corrected chi connectivity index (χ1v) is 11.6. The van der Waals surface area contributed by atoms with Gasteiger partial charge in [0.1, 0.15) is 5.25 Å². The van der Waals surface area contributed by atoms with Gasteiger partial charge in [-0.3, -0.25) is 14.4 Å². The summed E-state index contributed by atoms with van der Waals surface area (Å²) in [5, 5.41) is 0.645. The van der Waals surface area contributed by atoms with Crippen molar-refractivity contribution in [1.82, 2.24) is 4.98 Å². The maximum atomic E-state index is 13.6. The number of aryl methyl sites for hydroxylation is 1. The predicted molar refractivity (Wildman–Crippen MR) is 120 cm³/mol. The Bertz CT molecular complexity index is 1250. The highest BCUT2D eigenvalue weighted by atomic mass is 35.5. The van der Waals surface area contributed by atoms with Gasteiger partial charge in [-0.05, 0) is 30.7 Å². The molecule has 1 N–H and O–H groups in total. The van der Waals surface area contributed by atoms with Gasteiger partial charge in [-0.15, -0.1) is 0 Å². The topological polar surface area (TPSA) is 70.2 Å². The first-order valence-electron chi connectivity index (χ1n) is 9.15. The normalized spacial score (nSPS) is 22.9. The highest BCUT2D eigenvalue weighted by Crippen LogP contribution is 2.54. The molecule has 3 heterocycles. The minimum Gasteiger partial charge on any atom is -0.307 e. The molecule has 1 aromatic heterocycles. The Balaban J connectivity index is 1.68. The van der Waals surface area contributed by atoms with E-state index in [1.807, 2.05) is 19.1 Å². The Hall–Kier alpha value is -2.06. The lowest BCUT2D eigenvalue weighted by Gasteiger charge is -2.30. The van der Waals surface area contributed by atoms with Crippen LogP contribution in [0.5, 0.6) is 0 Å². The van der Waals surface area contributed by atoms with Crippen molar-refractivity contribution >= 4 is 63.8 Å². The minimum atomic E-state index is -0.682. The minimum absolute atomic E-state index is 0.231. The van der Waals surface area contributed by atoms with E-state index in [1.165, 1.54) is 16.7 Å². The number of rotatable bonds is 2. The third-order valence-electron chi connectivity index (χ3n) is 5.43. The summed E-state index contributed by atoms with van der Waals surface area (Å²) in [7, 11) is 0. The summed E-state index contributed by atoms with van der Waals surface area (Å²) in [6.45, 7) is 1.94. The fourth-order valence-corrected chi connectivity index (χ4v) is 6.99. The van der Waals surface area contributed by atoms with E-state index in [1.54, 1.807) is 30.3 Å². The second-order valence-corrected chi connectivity index (χ2v) is 10.2. The smallest absolute Gasteiger partial charge is 0.305 e. The second-order valence-electron chi connectivity index (χ2n) is 7.24. The Kier molecular flexibility index (Phi) is 4.82. The van der Waals surface area contributed by atoms with E-state index in [0.29, 0.717) is 31.2 Å². The molecule has 5 nitrogen and oxygen atoms in total. The molecule has 30 heavy (non-hydrogen) atoms. The van der Waals surface area contributed by atoms with E-state index in [4.69, 9.17) is 23.2 Å². The number of hydrogen-bond donors (Lipinski definition) is 1. The zero-order valence-corrected chi connectivity index (χ0v) is 18.7. The van der Waals surface area contributed by atoms with Crippen LogP contribution in [0.15, 0.2) is 52.3 Å². The monoisotopic (exact) mass is 476 g/mol. The number of H-pyrrole nitrogens is 1. The van der Waals surface area contributed by atoms with Gasteiger partial charge >= 0.3 is 4.87 Å². The number of hydrogen-bond acceptors (Lipinski definition) is 5. The summed E-state index contributed by atoms with van der Waals surface area (Å²) >= 11 is 15.0. The fraction of sp³-hybridized carbons (Fsp3) is 0.190. The first-order chi connectivity index (χ1) is 14.4. The van der Waals surface area contributed by atoms with Gasteiger partial charge in [0.15, 0.2) is 0 Å². The average molecular weight is 477 g/mol. The number of amides is 2. The van der Waals surface area contributed by atoms with Crippen molar-refractivity contribution in [3.8, 4) is 0 Å². The van der Waals surface area contributed by atoms with Gasteiger partial charge < -0.3 is 4.98 Å². The standard InChI is InChI=1S/C21H14Cl2N2O3S2/c1-9-5-7-10(8-6-9)25-19(26)14-13(11-3-2-4-12(22)15(11)23)16-18(24-21(28)30-16)29-17(14)20(25)27/h2-8,13-14,17H,1H3,(H,24,28). The molecule has 0 bridgehead atoms. The van der Waals surface area contributed by atoms with Crippen LogP contribution in [0, 0.1) is 12.8 Å².